The Balaban J connectivity index is 1.98. The van der Waals surface area contributed by atoms with E-state index in [-0.39, 0.29) is 0 Å². The first-order chi connectivity index (χ1) is 9.86. The number of unbranched alkanes of at least 4 members (excludes halogenated alkanes) is 7. The Kier molecular flexibility index (Phi) is 9.98. The van der Waals surface area contributed by atoms with E-state index in [4.69, 9.17) is 10.6 Å². The van der Waals surface area contributed by atoms with Crippen molar-refractivity contribution in [1.29, 1.82) is 0 Å². The molecule has 1 aromatic carbocycles. The molecule has 20 heavy (non-hydrogen) atoms. The molecule has 0 aliphatic heterocycles. The van der Waals surface area contributed by atoms with E-state index in [2.05, 4.69) is 12.3 Å². The second-order valence-corrected chi connectivity index (χ2v) is 5.35. The molecule has 0 aromatic heterocycles. The molecule has 0 saturated heterocycles. The minimum Gasteiger partial charge on any atom is -0.494 e. The molecule has 0 heterocycles. The molecule has 0 aliphatic rings. The maximum atomic E-state index is 5.73. The number of hydrazine groups is 1. The minimum absolute atomic E-state index is 0.693. The van der Waals surface area contributed by atoms with Gasteiger partial charge >= 0.3 is 0 Å². The number of rotatable bonds is 12. The number of benzene rings is 1. The molecule has 114 valence electrons. The third kappa shape index (κ3) is 8.18. The summed E-state index contributed by atoms with van der Waals surface area (Å²) >= 11 is 0. The average Bonchev–Trinajstić information content (AvgIpc) is 2.47. The lowest BCUT2D eigenvalue weighted by atomic mass is 10.1. The highest BCUT2D eigenvalue weighted by Crippen LogP contribution is 2.13. The van der Waals surface area contributed by atoms with Gasteiger partial charge in [-0.2, -0.15) is 0 Å². The van der Waals surface area contributed by atoms with Crippen molar-refractivity contribution in [2.75, 3.05) is 6.61 Å². The molecule has 3 nitrogen and oxygen atoms in total. The molecule has 1 aromatic rings. The van der Waals surface area contributed by atoms with Crippen molar-refractivity contribution in [3.05, 3.63) is 29.8 Å². The normalized spacial score (nSPS) is 10.7. The van der Waals surface area contributed by atoms with Gasteiger partial charge in [0.1, 0.15) is 5.75 Å². The average molecular weight is 278 g/mol. The predicted molar refractivity (Wildman–Crippen MR) is 85.6 cm³/mol. The Morgan fingerprint density at radius 3 is 2.10 bits per heavy atom. The van der Waals surface area contributed by atoms with E-state index >= 15 is 0 Å². The van der Waals surface area contributed by atoms with Gasteiger partial charge < -0.3 is 4.74 Å². The molecule has 0 saturated carbocycles. The first kappa shape index (κ1) is 17.0. The van der Waals surface area contributed by atoms with Gasteiger partial charge in [0.05, 0.1) is 6.61 Å². The van der Waals surface area contributed by atoms with E-state index < -0.39 is 0 Å². The largest absolute Gasteiger partial charge is 0.494 e. The summed E-state index contributed by atoms with van der Waals surface area (Å²) in [7, 11) is 0. The lowest BCUT2D eigenvalue weighted by Gasteiger charge is -2.07. The molecule has 0 amide bonds. The molecule has 0 aliphatic carbocycles. The van der Waals surface area contributed by atoms with Gasteiger partial charge in [0.25, 0.3) is 0 Å². The summed E-state index contributed by atoms with van der Waals surface area (Å²) in [6, 6.07) is 8.11. The molecule has 0 bridgehead atoms. The summed E-state index contributed by atoms with van der Waals surface area (Å²) in [5.74, 6) is 6.23. The van der Waals surface area contributed by atoms with Crippen LogP contribution >= 0.6 is 0 Å². The van der Waals surface area contributed by atoms with Gasteiger partial charge in [-0.3, -0.25) is 11.3 Å². The zero-order chi connectivity index (χ0) is 14.5. The zero-order valence-corrected chi connectivity index (χ0v) is 12.9. The number of nitrogens with two attached hydrogens (primary N) is 1. The van der Waals surface area contributed by atoms with Gasteiger partial charge in [0.2, 0.25) is 0 Å². The van der Waals surface area contributed by atoms with Crippen LogP contribution in [0.4, 0.5) is 0 Å². The fourth-order valence-electron chi connectivity index (χ4n) is 2.25. The molecule has 3 N–H and O–H groups in total. The van der Waals surface area contributed by atoms with E-state index in [1.54, 1.807) is 0 Å². The van der Waals surface area contributed by atoms with Crippen LogP contribution in [0.5, 0.6) is 5.75 Å². The van der Waals surface area contributed by atoms with Crippen LogP contribution in [0.2, 0.25) is 0 Å². The monoisotopic (exact) mass is 278 g/mol. The lowest BCUT2D eigenvalue weighted by Crippen LogP contribution is -2.20. The van der Waals surface area contributed by atoms with Crippen LogP contribution in [-0.4, -0.2) is 6.61 Å². The van der Waals surface area contributed by atoms with Crippen molar-refractivity contribution >= 4 is 0 Å². The number of hydrogen-bond donors (Lipinski definition) is 2. The minimum atomic E-state index is 0.693. The summed E-state index contributed by atoms with van der Waals surface area (Å²) in [4.78, 5) is 0. The third-order valence-electron chi connectivity index (χ3n) is 3.50. The summed E-state index contributed by atoms with van der Waals surface area (Å²) < 4.78 is 5.73. The maximum Gasteiger partial charge on any atom is 0.119 e. The molecule has 0 fully saturated rings. The van der Waals surface area contributed by atoms with Gasteiger partial charge in [0.15, 0.2) is 0 Å². The quantitative estimate of drug-likeness (QED) is 0.343. The van der Waals surface area contributed by atoms with Gasteiger partial charge in [0, 0.05) is 6.54 Å². The smallest absolute Gasteiger partial charge is 0.119 e. The topological polar surface area (TPSA) is 47.3 Å². The van der Waals surface area contributed by atoms with Crippen molar-refractivity contribution < 1.29 is 4.74 Å². The highest BCUT2D eigenvalue weighted by Gasteiger charge is 1.96. The van der Waals surface area contributed by atoms with Crippen molar-refractivity contribution in [2.24, 2.45) is 5.84 Å². The maximum absolute atomic E-state index is 5.73. The summed E-state index contributed by atoms with van der Waals surface area (Å²) in [6.07, 6.45) is 10.7. The standard InChI is InChI=1S/C17H30N2O/c1-2-3-4-5-6-7-8-9-14-20-17-12-10-16(11-13-17)15-19-18/h10-13,19H,2-9,14-15,18H2,1H3. The number of nitrogens with one attached hydrogen (secondary N) is 1. The van der Waals surface area contributed by atoms with Crippen LogP contribution in [0.25, 0.3) is 0 Å². The predicted octanol–water partition coefficient (Wildman–Crippen LogP) is 4.17. The second-order valence-electron chi connectivity index (χ2n) is 5.35. The van der Waals surface area contributed by atoms with Crippen LogP contribution in [0, 0.1) is 0 Å². The molecule has 0 spiro atoms. The first-order valence-electron chi connectivity index (χ1n) is 8.02. The molecule has 0 radical (unpaired) electrons. The van der Waals surface area contributed by atoms with E-state index in [9.17, 15) is 0 Å². The fourth-order valence-corrected chi connectivity index (χ4v) is 2.25. The Morgan fingerprint density at radius 2 is 1.50 bits per heavy atom. The molecule has 1 rings (SSSR count). The first-order valence-corrected chi connectivity index (χ1v) is 8.02. The van der Waals surface area contributed by atoms with E-state index in [0.29, 0.717) is 6.54 Å². The van der Waals surface area contributed by atoms with Crippen LogP contribution < -0.4 is 16.0 Å². The lowest BCUT2D eigenvalue weighted by molar-refractivity contribution is 0.304. The van der Waals surface area contributed by atoms with Gasteiger partial charge in [-0.05, 0) is 24.1 Å². The summed E-state index contributed by atoms with van der Waals surface area (Å²) in [5, 5.41) is 0. The Morgan fingerprint density at radius 1 is 0.900 bits per heavy atom. The zero-order valence-electron chi connectivity index (χ0n) is 12.9. The Hall–Kier alpha value is -1.06. The highest BCUT2D eigenvalue weighted by atomic mass is 16.5. The van der Waals surface area contributed by atoms with Crippen LogP contribution in [-0.2, 0) is 6.54 Å². The van der Waals surface area contributed by atoms with Gasteiger partial charge in [-0.1, -0.05) is 64.0 Å². The molecular formula is C17H30N2O. The number of hydrogen-bond acceptors (Lipinski definition) is 3. The SMILES string of the molecule is CCCCCCCCCCOc1ccc(CNN)cc1. The van der Waals surface area contributed by atoms with Crippen molar-refractivity contribution in [1.82, 2.24) is 5.43 Å². The van der Waals surface area contributed by atoms with Crippen molar-refractivity contribution in [2.45, 2.75) is 64.8 Å². The van der Waals surface area contributed by atoms with Crippen LogP contribution in [0.1, 0.15) is 63.9 Å². The van der Waals surface area contributed by atoms with Crippen molar-refractivity contribution in [3.8, 4) is 5.75 Å². The van der Waals surface area contributed by atoms with Gasteiger partial charge in [-0.15, -0.1) is 0 Å². The van der Waals surface area contributed by atoms with Crippen LogP contribution in [0.3, 0.4) is 0 Å². The molecular weight excluding hydrogens is 248 g/mol. The summed E-state index contributed by atoms with van der Waals surface area (Å²) in [5.41, 5.74) is 3.82. The summed E-state index contributed by atoms with van der Waals surface area (Å²) in [6.45, 7) is 3.78. The number of ether oxygens (including phenoxy) is 1. The molecule has 3 heteroatoms. The van der Waals surface area contributed by atoms with E-state index in [0.717, 1.165) is 18.8 Å². The Labute approximate surface area is 123 Å². The van der Waals surface area contributed by atoms with Crippen LogP contribution in [0.15, 0.2) is 24.3 Å². The fraction of sp³-hybridized carbons (Fsp3) is 0.647. The molecule has 0 unspecified atom stereocenters. The van der Waals surface area contributed by atoms with E-state index in [1.807, 2.05) is 24.3 Å². The molecule has 0 atom stereocenters. The highest BCUT2D eigenvalue weighted by molar-refractivity contribution is 5.27. The Bertz CT molecular complexity index is 324. The second kappa shape index (κ2) is 11.7. The third-order valence-corrected chi connectivity index (χ3v) is 3.50. The van der Waals surface area contributed by atoms with Gasteiger partial charge in [-0.25, -0.2) is 0 Å². The van der Waals surface area contributed by atoms with E-state index in [1.165, 1.54) is 50.5 Å². The van der Waals surface area contributed by atoms with Crippen molar-refractivity contribution in [3.63, 3.8) is 0 Å².